The Morgan fingerprint density at radius 3 is 2.48 bits per heavy atom. The van der Waals surface area contributed by atoms with E-state index in [2.05, 4.69) is 20.4 Å². The number of methoxy groups -OCH3 is 2. The summed E-state index contributed by atoms with van der Waals surface area (Å²) in [6.07, 6.45) is 0. The predicted octanol–water partition coefficient (Wildman–Crippen LogP) is 1.84. The van der Waals surface area contributed by atoms with Crippen molar-refractivity contribution in [3.05, 3.63) is 57.6 Å². The van der Waals surface area contributed by atoms with E-state index in [9.17, 15) is 9.59 Å². The minimum atomic E-state index is -0.368. The highest BCUT2D eigenvalue weighted by Gasteiger charge is 2.16. The van der Waals surface area contributed by atoms with Crippen molar-refractivity contribution >= 4 is 11.7 Å². The summed E-state index contributed by atoms with van der Waals surface area (Å²) in [5.74, 6) is 1.19. The summed E-state index contributed by atoms with van der Waals surface area (Å²) in [7, 11) is 3.02. The van der Waals surface area contributed by atoms with E-state index in [4.69, 9.17) is 9.47 Å². The number of amides is 1. The maximum absolute atomic E-state index is 12.7. The number of ether oxygens (including phenoxy) is 2. The second kappa shape index (κ2) is 7.32. The van der Waals surface area contributed by atoms with Crippen LogP contribution < -0.4 is 20.3 Å². The van der Waals surface area contributed by atoms with E-state index in [1.165, 1.54) is 25.0 Å². The summed E-state index contributed by atoms with van der Waals surface area (Å²) in [5, 5.41) is 7.07. The van der Waals surface area contributed by atoms with Crippen molar-refractivity contribution in [2.24, 2.45) is 0 Å². The Morgan fingerprint density at radius 1 is 1.07 bits per heavy atom. The van der Waals surface area contributed by atoms with Crippen LogP contribution in [0.2, 0.25) is 0 Å². The Kier molecular flexibility index (Phi) is 4.93. The molecule has 2 aromatic heterocycles. The van der Waals surface area contributed by atoms with Crippen LogP contribution in [-0.4, -0.2) is 39.9 Å². The Bertz CT molecular complexity index is 1050. The smallest absolute Gasteiger partial charge is 0.256 e. The fourth-order valence-corrected chi connectivity index (χ4v) is 2.58. The first-order chi connectivity index (χ1) is 12.9. The molecule has 9 nitrogen and oxygen atoms in total. The van der Waals surface area contributed by atoms with Gasteiger partial charge in [-0.15, -0.1) is 0 Å². The van der Waals surface area contributed by atoms with Crippen LogP contribution in [0.25, 0.3) is 5.95 Å². The van der Waals surface area contributed by atoms with Gasteiger partial charge in [-0.25, -0.2) is 4.98 Å². The first kappa shape index (κ1) is 18.2. The van der Waals surface area contributed by atoms with Gasteiger partial charge in [-0.3, -0.25) is 14.6 Å². The zero-order valence-corrected chi connectivity index (χ0v) is 15.4. The van der Waals surface area contributed by atoms with Crippen LogP contribution in [0.5, 0.6) is 11.5 Å². The molecule has 0 atom stereocenters. The van der Waals surface area contributed by atoms with Crippen molar-refractivity contribution in [3.63, 3.8) is 0 Å². The number of carbonyl (C=O) groups excluding carboxylic acids is 1. The highest BCUT2D eigenvalue weighted by molar-refractivity contribution is 6.04. The standard InChI is InChI=1S/C18H19N5O4/c1-10-8-16(24)21-18(19-10)23-15(7-11(2)22-23)20-17(25)12-5-6-13(26-3)14(9-12)27-4/h5-9H,1-4H3,(H,20,25)(H,19,21,24). The van der Waals surface area contributed by atoms with Crippen LogP contribution in [0.15, 0.2) is 35.1 Å². The largest absolute Gasteiger partial charge is 0.493 e. The van der Waals surface area contributed by atoms with Crippen LogP contribution >= 0.6 is 0 Å². The van der Waals surface area contributed by atoms with Crippen molar-refractivity contribution in [1.82, 2.24) is 19.7 Å². The molecule has 140 valence electrons. The maximum atomic E-state index is 12.7. The summed E-state index contributed by atoms with van der Waals surface area (Å²) in [6, 6.07) is 7.91. The molecule has 9 heteroatoms. The zero-order chi connectivity index (χ0) is 19.6. The van der Waals surface area contributed by atoms with Gasteiger partial charge in [0.15, 0.2) is 11.5 Å². The first-order valence-corrected chi connectivity index (χ1v) is 8.09. The number of aryl methyl sites for hydroxylation is 2. The van der Waals surface area contributed by atoms with Crippen molar-refractivity contribution in [2.45, 2.75) is 13.8 Å². The molecular weight excluding hydrogens is 350 g/mol. The lowest BCUT2D eigenvalue weighted by molar-refractivity contribution is 0.102. The van der Waals surface area contributed by atoms with Crippen LogP contribution in [0, 0.1) is 13.8 Å². The van der Waals surface area contributed by atoms with Gasteiger partial charge in [0.1, 0.15) is 5.82 Å². The molecule has 0 saturated heterocycles. The number of rotatable bonds is 5. The van der Waals surface area contributed by atoms with E-state index in [0.29, 0.717) is 34.3 Å². The summed E-state index contributed by atoms with van der Waals surface area (Å²) < 4.78 is 11.8. The lowest BCUT2D eigenvalue weighted by Crippen LogP contribution is -2.19. The van der Waals surface area contributed by atoms with Gasteiger partial charge in [-0.05, 0) is 32.0 Å². The number of nitrogens with one attached hydrogen (secondary N) is 2. The van der Waals surface area contributed by atoms with E-state index in [0.717, 1.165) is 0 Å². The Labute approximate surface area is 155 Å². The molecular formula is C18H19N5O4. The molecule has 0 unspecified atom stereocenters. The number of hydrogen-bond acceptors (Lipinski definition) is 6. The number of H-pyrrole nitrogens is 1. The van der Waals surface area contributed by atoms with Gasteiger partial charge < -0.3 is 14.8 Å². The second-order valence-corrected chi connectivity index (χ2v) is 5.82. The third-order valence-corrected chi connectivity index (χ3v) is 3.78. The second-order valence-electron chi connectivity index (χ2n) is 5.82. The fourth-order valence-electron chi connectivity index (χ4n) is 2.58. The molecule has 0 aliphatic rings. The summed E-state index contributed by atoms with van der Waals surface area (Å²) in [5.41, 5.74) is 1.27. The molecule has 0 spiro atoms. The summed E-state index contributed by atoms with van der Waals surface area (Å²) in [4.78, 5) is 31.3. The van der Waals surface area contributed by atoms with Gasteiger partial charge in [-0.2, -0.15) is 9.78 Å². The predicted molar refractivity (Wildman–Crippen MR) is 99.0 cm³/mol. The minimum Gasteiger partial charge on any atom is -0.493 e. The molecule has 1 aromatic carbocycles. The van der Waals surface area contributed by atoms with Crippen LogP contribution in [0.1, 0.15) is 21.7 Å². The zero-order valence-electron chi connectivity index (χ0n) is 15.4. The maximum Gasteiger partial charge on any atom is 0.256 e. The number of hydrogen-bond donors (Lipinski definition) is 2. The Balaban J connectivity index is 1.94. The molecule has 0 bridgehead atoms. The minimum absolute atomic E-state index is 0.218. The van der Waals surface area contributed by atoms with Gasteiger partial charge in [0.05, 0.1) is 19.9 Å². The third kappa shape index (κ3) is 3.81. The molecule has 2 N–H and O–H groups in total. The lowest BCUT2D eigenvalue weighted by Gasteiger charge is -2.11. The summed E-state index contributed by atoms with van der Waals surface area (Å²) >= 11 is 0. The molecule has 1 amide bonds. The Hall–Kier alpha value is -3.62. The van der Waals surface area contributed by atoms with Crippen molar-refractivity contribution in [1.29, 1.82) is 0 Å². The highest BCUT2D eigenvalue weighted by atomic mass is 16.5. The number of anilines is 1. The normalized spacial score (nSPS) is 10.5. The van der Waals surface area contributed by atoms with Crippen molar-refractivity contribution < 1.29 is 14.3 Å². The number of aromatic amines is 1. The average Bonchev–Trinajstić information content (AvgIpc) is 3.00. The SMILES string of the molecule is COc1ccc(C(=O)Nc2cc(C)nn2-c2nc(C)cc(=O)[nH]2)cc1OC. The summed E-state index contributed by atoms with van der Waals surface area (Å²) in [6.45, 7) is 3.48. The third-order valence-electron chi connectivity index (χ3n) is 3.78. The fraction of sp³-hybridized carbons (Fsp3) is 0.222. The van der Waals surface area contributed by atoms with Gasteiger partial charge in [-0.1, -0.05) is 0 Å². The molecule has 0 radical (unpaired) electrons. The van der Waals surface area contributed by atoms with Crippen molar-refractivity contribution in [2.75, 3.05) is 19.5 Å². The van der Waals surface area contributed by atoms with Gasteiger partial charge in [0.2, 0.25) is 5.95 Å². The number of nitrogens with zero attached hydrogens (tertiary/aromatic N) is 3. The monoisotopic (exact) mass is 369 g/mol. The van der Waals surface area contributed by atoms with E-state index < -0.39 is 0 Å². The molecule has 3 rings (SSSR count). The number of benzene rings is 1. The lowest BCUT2D eigenvalue weighted by atomic mass is 10.2. The molecule has 27 heavy (non-hydrogen) atoms. The van der Waals surface area contributed by atoms with Gasteiger partial charge in [0.25, 0.3) is 11.5 Å². The molecule has 2 heterocycles. The van der Waals surface area contributed by atoms with Crippen molar-refractivity contribution in [3.8, 4) is 17.4 Å². The van der Waals surface area contributed by atoms with E-state index >= 15 is 0 Å². The molecule has 0 aliphatic carbocycles. The quantitative estimate of drug-likeness (QED) is 0.710. The van der Waals surface area contributed by atoms with Crippen LogP contribution in [0.3, 0.4) is 0 Å². The van der Waals surface area contributed by atoms with Gasteiger partial charge in [0, 0.05) is 23.4 Å². The number of aromatic nitrogens is 4. The topological polar surface area (TPSA) is 111 Å². The molecule has 3 aromatic rings. The molecule has 0 fully saturated rings. The molecule has 0 saturated carbocycles. The van der Waals surface area contributed by atoms with E-state index in [-0.39, 0.29) is 17.4 Å². The van der Waals surface area contributed by atoms with E-state index in [1.807, 2.05) is 0 Å². The van der Waals surface area contributed by atoms with Gasteiger partial charge >= 0.3 is 0 Å². The highest BCUT2D eigenvalue weighted by Crippen LogP contribution is 2.28. The first-order valence-electron chi connectivity index (χ1n) is 8.09. The Morgan fingerprint density at radius 2 is 1.81 bits per heavy atom. The van der Waals surface area contributed by atoms with E-state index in [1.54, 1.807) is 38.1 Å². The van der Waals surface area contributed by atoms with Crippen LogP contribution in [-0.2, 0) is 0 Å². The van der Waals surface area contributed by atoms with Crippen LogP contribution in [0.4, 0.5) is 5.82 Å². The number of carbonyl (C=O) groups is 1. The molecule has 0 aliphatic heterocycles. The average molecular weight is 369 g/mol.